The minimum absolute atomic E-state index is 0.00435. The predicted octanol–water partition coefficient (Wildman–Crippen LogP) is 4.18. The molecule has 0 spiro atoms. The van der Waals surface area contributed by atoms with Crippen LogP contribution in [-0.2, 0) is 20.9 Å². The third-order valence-corrected chi connectivity index (χ3v) is 6.00. The number of amides is 1. The molecule has 0 aromatic heterocycles. The summed E-state index contributed by atoms with van der Waals surface area (Å²) in [6.07, 6.45) is 4.83. The molecule has 2 N–H and O–H groups in total. The molecule has 2 unspecified atom stereocenters. The lowest BCUT2D eigenvalue weighted by molar-refractivity contribution is -0.171. The molecule has 0 saturated heterocycles. The van der Waals surface area contributed by atoms with Crippen LogP contribution in [0.1, 0.15) is 30.9 Å². The Labute approximate surface area is 188 Å². The Morgan fingerprint density at radius 2 is 1.53 bits per heavy atom. The van der Waals surface area contributed by atoms with E-state index in [1.165, 1.54) is 0 Å². The Kier molecular flexibility index (Phi) is 7.82. The number of aliphatic carboxylic acids is 2. The molecule has 0 radical (unpaired) electrons. The van der Waals surface area contributed by atoms with Crippen LogP contribution < -0.4 is 0 Å². The molecule has 1 aliphatic carbocycles. The highest BCUT2D eigenvalue weighted by molar-refractivity contribution is 5.92. The fourth-order valence-electron chi connectivity index (χ4n) is 4.20. The highest BCUT2D eigenvalue weighted by atomic mass is 16.4. The zero-order valence-corrected chi connectivity index (χ0v) is 18.1. The minimum Gasteiger partial charge on any atom is -0.481 e. The third-order valence-electron chi connectivity index (χ3n) is 6.00. The van der Waals surface area contributed by atoms with Gasteiger partial charge in [-0.05, 0) is 29.9 Å². The number of carbonyl (C=O) groups excluding carboxylic acids is 1. The van der Waals surface area contributed by atoms with Gasteiger partial charge in [-0.15, -0.1) is 0 Å². The predicted molar refractivity (Wildman–Crippen MR) is 121 cm³/mol. The van der Waals surface area contributed by atoms with E-state index in [0.29, 0.717) is 13.1 Å². The van der Waals surface area contributed by atoms with Crippen LogP contribution in [0.5, 0.6) is 0 Å². The van der Waals surface area contributed by atoms with Crippen LogP contribution in [0.25, 0.3) is 6.08 Å². The molecule has 0 bridgehead atoms. The Morgan fingerprint density at radius 3 is 2.09 bits per heavy atom. The summed E-state index contributed by atoms with van der Waals surface area (Å²) in [7, 11) is 0. The Bertz CT molecular complexity index is 937. The molecule has 32 heavy (non-hydrogen) atoms. The maximum absolute atomic E-state index is 13.4. The van der Waals surface area contributed by atoms with Gasteiger partial charge in [0, 0.05) is 13.1 Å². The van der Waals surface area contributed by atoms with Crippen molar-refractivity contribution in [3.05, 3.63) is 77.9 Å². The molecular weight excluding hydrogens is 406 g/mol. The molecule has 1 amide bonds. The number of rotatable bonds is 10. The molecule has 6 nitrogen and oxygen atoms in total. The molecular formula is C26H29NO5. The van der Waals surface area contributed by atoms with E-state index >= 15 is 0 Å². The third kappa shape index (κ3) is 5.84. The van der Waals surface area contributed by atoms with Gasteiger partial charge >= 0.3 is 11.9 Å². The van der Waals surface area contributed by atoms with Crippen molar-refractivity contribution in [2.75, 3.05) is 6.54 Å². The second kappa shape index (κ2) is 10.8. The second-order valence-corrected chi connectivity index (χ2v) is 8.51. The van der Waals surface area contributed by atoms with Gasteiger partial charge in [0.1, 0.15) is 0 Å². The number of carbonyl (C=O) groups is 3. The van der Waals surface area contributed by atoms with Crippen LogP contribution in [0.15, 0.2) is 66.7 Å². The van der Waals surface area contributed by atoms with Crippen molar-refractivity contribution in [1.29, 1.82) is 0 Å². The topological polar surface area (TPSA) is 94.9 Å². The maximum atomic E-state index is 13.4. The summed E-state index contributed by atoms with van der Waals surface area (Å²) >= 11 is 0. The number of allylic oxidation sites excluding steroid dienone is 1. The molecule has 0 heterocycles. The van der Waals surface area contributed by atoms with Crippen LogP contribution >= 0.6 is 0 Å². The van der Waals surface area contributed by atoms with Gasteiger partial charge in [0.15, 0.2) is 0 Å². The smallest absolute Gasteiger partial charge is 0.307 e. The number of carboxylic acid groups (broad SMARTS) is 2. The van der Waals surface area contributed by atoms with Crippen LogP contribution in [0, 0.1) is 23.7 Å². The van der Waals surface area contributed by atoms with E-state index in [9.17, 15) is 24.6 Å². The number of hydrogen-bond donors (Lipinski definition) is 2. The van der Waals surface area contributed by atoms with Gasteiger partial charge in [-0.1, -0.05) is 79.7 Å². The zero-order chi connectivity index (χ0) is 23.1. The monoisotopic (exact) mass is 435 g/mol. The lowest BCUT2D eigenvalue weighted by Crippen LogP contribution is -2.54. The fourth-order valence-corrected chi connectivity index (χ4v) is 4.20. The summed E-state index contributed by atoms with van der Waals surface area (Å²) in [5.41, 5.74) is 2.02. The first-order chi connectivity index (χ1) is 15.4. The average molecular weight is 436 g/mol. The lowest BCUT2D eigenvalue weighted by atomic mass is 9.64. The number of hydrogen-bond acceptors (Lipinski definition) is 3. The van der Waals surface area contributed by atoms with E-state index in [4.69, 9.17) is 0 Å². The van der Waals surface area contributed by atoms with Crippen LogP contribution in [0.3, 0.4) is 0 Å². The van der Waals surface area contributed by atoms with Gasteiger partial charge < -0.3 is 15.1 Å². The molecule has 6 heteroatoms. The summed E-state index contributed by atoms with van der Waals surface area (Å²) in [5.74, 6) is -5.42. The lowest BCUT2D eigenvalue weighted by Gasteiger charge is -2.41. The number of nitrogens with zero attached hydrogens (tertiary/aromatic N) is 1. The van der Waals surface area contributed by atoms with E-state index in [1.54, 1.807) is 4.90 Å². The summed E-state index contributed by atoms with van der Waals surface area (Å²) in [6.45, 7) is 2.77. The standard InChI is InChI=1S/C26H29NO5/c1-18(9-8-14-19-10-4-2-5-11-19)16-27(17-20-12-6-3-7-13-20)24(28)23-21(25(29)30)15-22(23)26(31)32/h2-8,10-14,18,21-23H,9,15-17H2,1H3,(H,29,30)(H,31,32)/b14-8+/t18-,21?,22?,23?/m1/s1. The Hall–Kier alpha value is -3.41. The van der Waals surface area contributed by atoms with Crippen molar-refractivity contribution < 1.29 is 24.6 Å². The van der Waals surface area contributed by atoms with Crippen LogP contribution in [0.2, 0.25) is 0 Å². The van der Waals surface area contributed by atoms with Crippen molar-refractivity contribution in [1.82, 2.24) is 4.90 Å². The Morgan fingerprint density at radius 1 is 0.969 bits per heavy atom. The van der Waals surface area contributed by atoms with E-state index in [-0.39, 0.29) is 12.3 Å². The van der Waals surface area contributed by atoms with E-state index in [1.807, 2.05) is 73.7 Å². The van der Waals surface area contributed by atoms with Crippen molar-refractivity contribution in [3.63, 3.8) is 0 Å². The first kappa shape index (κ1) is 23.3. The van der Waals surface area contributed by atoms with Gasteiger partial charge in [-0.3, -0.25) is 14.4 Å². The van der Waals surface area contributed by atoms with Gasteiger partial charge in [0.2, 0.25) is 5.91 Å². The maximum Gasteiger partial charge on any atom is 0.307 e. The molecule has 3 rings (SSSR count). The SMILES string of the molecule is C[C@H](C/C=C/c1ccccc1)CN(Cc1ccccc1)C(=O)C1C(C(=O)O)CC1C(=O)O. The zero-order valence-electron chi connectivity index (χ0n) is 18.1. The van der Waals surface area contributed by atoms with Gasteiger partial charge in [0.05, 0.1) is 17.8 Å². The first-order valence-electron chi connectivity index (χ1n) is 10.9. The normalized spacial score (nSPS) is 21.0. The van der Waals surface area contributed by atoms with Crippen molar-refractivity contribution in [2.45, 2.75) is 26.3 Å². The molecule has 3 atom stereocenters. The van der Waals surface area contributed by atoms with Gasteiger partial charge in [-0.25, -0.2) is 0 Å². The van der Waals surface area contributed by atoms with Crippen LogP contribution in [-0.4, -0.2) is 39.5 Å². The first-order valence-corrected chi connectivity index (χ1v) is 10.9. The highest BCUT2D eigenvalue weighted by Gasteiger charge is 2.54. The van der Waals surface area contributed by atoms with Crippen molar-refractivity contribution in [3.8, 4) is 0 Å². The number of benzene rings is 2. The molecule has 2 aromatic rings. The molecule has 0 aliphatic heterocycles. The Balaban J connectivity index is 1.73. The van der Waals surface area contributed by atoms with Crippen LogP contribution in [0.4, 0.5) is 0 Å². The van der Waals surface area contributed by atoms with Crippen molar-refractivity contribution in [2.24, 2.45) is 23.7 Å². The average Bonchev–Trinajstić information content (AvgIpc) is 2.73. The van der Waals surface area contributed by atoms with E-state index < -0.39 is 35.6 Å². The minimum atomic E-state index is -1.11. The molecule has 1 fully saturated rings. The highest BCUT2D eigenvalue weighted by Crippen LogP contribution is 2.42. The molecule has 1 saturated carbocycles. The van der Waals surface area contributed by atoms with Crippen molar-refractivity contribution >= 4 is 23.9 Å². The van der Waals surface area contributed by atoms with E-state index in [0.717, 1.165) is 17.5 Å². The second-order valence-electron chi connectivity index (χ2n) is 8.51. The van der Waals surface area contributed by atoms with E-state index in [2.05, 4.69) is 6.08 Å². The number of carboxylic acids is 2. The van der Waals surface area contributed by atoms with Gasteiger partial charge in [0.25, 0.3) is 0 Å². The summed E-state index contributed by atoms with van der Waals surface area (Å²) in [4.78, 5) is 38.1. The largest absolute Gasteiger partial charge is 0.481 e. The summed E-state index contributed by atoms with van der Waals surface area (Å²) in [5, 5.41) is 18.9. The summed E-state index contributed by atoms with van der Waals surface area (Å²) < 4.78 is 0. The molecule has 1 aliphatic rings. The van der Waals surface area contributed by atoms with Gasteiger partial charge in [-0.2, -0.15) is 0 Å². The molecule has 2 aromatic carbocycles. The molecule has 168 valence electrons. The quantitative estimate of drug-likeness (QED) is 0.584. The fraction of sp³-hybridized carbons (Fsp3) is 0.346. The summed E-state index contributed by atoms with van der Waals surface area (Å²) in [6, 6.07) is 19.4.